The van der Waals surface area contributed by atoms with Crippen LogP contribution in [0.25, 0.3) is 0 Å². The van der Waals surface area contributed by atoms with Crippen LogP contribution in [-0.2, 0) is 36.8 Å². The van der Waals surface area contributed by atoms with Crippen LogP contribution in [0.5, 0.6) is 5.75 Å². The number of carbonyl (C=O) groups is 5. The highest BCUT2D eigenvalue weighted by Crippen LogP contribution is 2.27. The summed E-state index contributed by atoms with van der Waals surface area (Å²) in [7, 11) is 1.48. The third kappa shape index (κ3) is 8.76. The van der Waals surface area contributed by atoms with Gasteiger partial charge in [0.2, 0.25) is 23.6 Å². The molecule has 264 valence electrons. The van der Waals surface area contributed by atoms with Gasteiger partial charge in [-0.05, 0) is 55.0 Å². The van der Waals surface area contributed by atoms with Gasteiger partial charge in [0.25, 0.3) is 5.91 Å². The van der Waals surface area contributed by atoms with Crippen LogP contribution in [0.3, 0.4) is 0 Å². The molecule has 2 aromatic carbocycles. The number of nitrogens with zero attached hydrogens (tertiary/aromatic N) is 2. The summed E-state index contributed by atoms with van der Waals surface area (Å²) in [6.45, 7) is 5.50. The number of amides is 5. The van der Waals surface area contributed by atoms with Crippen molar-refractivity contribution in [2.24, 2.45) is 5.92 Å². The van der Waals surface area contributed by atoms with E-state index in [-0.39, 0.29) is 31.9 Å². The fourth-order valence-corrected chi connectivity index (χ4v) is 6.49. The third-order valence-electron chi connectivity index (χ3n) is 9.40. The Balaban J connectivity index is 1.48. The number of ether oxygens (including phenoxy) is 2. The van der Waals surface area contributed by atoms with Crippen LogP contribution in [-0.4, -0.2) is 114 Å². The third-order valence-corrected chi connectivity index (χ3v) is 9.40. The van der Waals surface area contributed by atoms with E-state index in [4.69, 9.17) is 9.47 Å². The molecule has 5 rings (SSSR count). The van der Waals surface area contributed by atoms with E-state index >= 15 is 0 Å². The lowest BCUT2D eigenvalue weighted by molar-refractivity contribution is -0.142. The molecular formula is C36H47N5O8. The Morgan fingerprint density at radius 2 is 1.73 bits per heavy atom. The largest absolute Gasteiger partial charge is 0.493 e. The molecule has 3 aliphatic heterocycles. The van der Waals surface area contributed by atoms with Crippen molar-refractivity contribution in [1.82, 2.24) is 25.8 Å². The molecule has 4 N–H and O–H groups in total. The predicted molar refractivity (Wildman–Crippen MR) is 180 cm³/mol. The van der Waals surface area contributed by atoms with Crippen molar-refractivity contribution in [3.05, 3.63) is 65.2 Å². The predicted octanol–water partition coefficient (Wildman–Crippen LogP) is 0.817. The van der Waals surface area contributed by atoms with E-state index in [9.17, 15) is 29.1 Å². The number of hydrogen-bond acceptors (Lipinski definition) is 8. The minimum Gasteiger partial charge on any atom is -0.493 e. The van der Waals surface area contributed by atoms with Crippen molar-refractivity contribution in [1.29, 1.82) is 0 Å². The summed E-state index contributed by atoms with van der Waals surface area (Å²) >= 11 is 0. The molecule has 0 unspecified atom stereocenters. The molecule has 0 spiro atoms. The van der Waals surface area contributed by atoms with Crippen molar-refractivity contribution in [2.75, 3.05) is 33.4 Å². The Hall–Kier alpha value is -4.49. The Morgan fingerprint density at radius 3 is 2.47 bits per heavy atom. The first-order chi connectivity index (χ1) is 23.4. The second-order valence-electron chi connectivity index (χ2n) is 13.5. The van der Waals surface area contributed by atoms with Crippen molar-refractivity contribution in [3.63, 3.8) is 0 Å². The molecule has 2 bridgehead atoms. The molecule has 6 atom stereocenters. The maximum Gasteiger partial charge on any atom is 0.254 e. The second kappa shape index (κ2) is 15.8. The quantitative estimate of drug-likeness (QED) is 0.361. The molecule has 13 nitrogen and oxygen atoms in total. The number of aliphatic hydroxyl groups excluding tert-OH is 1. The van der Waals surface area contributed by atoms with Gasteiger partial charge in [-0.25, -0.2) is 0 Å². The number of hydrogen-bond donors (Lipinski definition) is 4. The first-order valence-electron chi connectivity index (χ1n) is 17.0. The summed E-state index contributed by atoms with van der Waals surface area (Å²) in [5.74, 6) is -1.86. The molecule has 2 saturated heterocycles. The van der Waals surface area contributed by atoms with Crippen molar-refractivity contribution in [3.8, 4) is 5.75 Å². The lowest BCUT2D eigenvalue weighted by Gasteiger charge is -2.38. The van der Waals surface area contributed by atoms with E-state index in [0.717, 1.165) is 11.1 Å². The molecular weight excluding hydrogens is 630 g/mol. The van der Waals surface area contributed by atoms with E-state index < -0.39 is 72.5 Å². The van der Waals surface area contributed by atoms with Crippen LogP contribution in [0, 0.1) is 5.92 Å². The number of likely N-dealkylation sites (N-methyl/N-ethyl adjacent to an activating group) is 1. The van der Waals surface area contributed by atoms with Crippen LogP contribution in [0.4, 0.5) is 0 Å². The number of fused-ring (bicyclic) bond motifs is 3. The highest BCUT2D eigenvalue weighted by Gasteiger charge is 2.39. The zero-order valence-electron chi connectivity index (χ0n) is 28.5. The zero-order chi connectivity index (χ0) is 35.2. The van der Waals surface area contributed by atoms with Gasteiger partial charge < -0.3 is 40.3 Å². The highest BCUT2D eigenvalue weighted by atomic mass is 16.5. The molecule has 3 aliphatic rings. The summed E-state index contributed by atoms with van der Waals surface area (Å²) in [4.78, 5) is 71.4. The maximum absolute atomic E-state index is 14.0. The van der Waals surface area contributed by atoms with E-state index in [0.29, 0.717) is 30.8 Å². The number of aliphatic hydroxyl groups is 1. The van der Waals surface area contributed by atoms with E-state index in [1.807, 2.05) is 44.2 Å². The Labute approximate surface area is 286 Å². The number of rotatable bonds is 5. The van der Waals surface area contributed by atoms with Crippen molar-refractivity contribution < 1.29 is 38.6 Å². The molecule has 0 aromatic heterocycles. The van der Waals surface area contributed by atoms with Crippen LogP contribution in [0.1, 0.15) is 55.1 Å². The Kier molecular flexibility index (Phi) is 11.6. The van der Waals surface area contributed by atoms with Crippen LogP contribution in [0.2, 0.25) is 0 Å². The zero-order valence-corrected chi connectivity index (χ0v) is 28.5. The minimum absolute atomic E-state index is 0.00827. The van der Waals surface area contributed by atoms with Gasteiger partial charge in [0.1, 0.15) is 36.1 Å². The fourth-order valence-electron chi connectivity index (χ4n) is 6.49. The van der Waals surface area contributed by atoms with Gasteiger partial charge in [-0.15, -0.1) is 0 Å². The number of nitrogens with one attached hydrogen (secondary N) is 3. The maximum atomic E-state index is 14.0. The van der Waals surface area contributed by atoms with Crippen LogP contribution >= 0.6 is 0 Å². The number of benzene rings is 2. The normalized spacial score (nSPS) is 27.1. The molecule has 0 aliphatic carbocycles. The lowest BCUT2D eigenvalue weighted by Crippen LogP contribution is -2.60. The van der Waals surface area contributed by atoms with E-state index in [1.165, 1.54) is 16.8 Å². The van der Waals surface area contributed by atoms with Gasteiger partial charge in [0, 0.05) is 32.1 Å². The Bertz CT molecular complexity index is 1530. The summed E-state index contributed by atoms with van der Waals surface area (Å²) in [6.07, 6.45) is -0.770. The SMILES string of the molecule is CC(C)C[C@H]1NC(=O)CN(C(=O)c2ccc3c(c2)CCO3)C[C@H]2OCC[C@H](NC(=O)[C@H](Cc3ccccc3)NC(=O)[C@H](C)N(C)C1=O)[C@@H]2O. The van der Waals surface area contributed by atoms with E-state index in [2.05, 4.69) is 16.0 Å². The lowest BCUT2D eigenvalue weighted by atomic mass is 9.97. The second-order valence-corrected chi connectivity index (χ2v) is 13.5. The van der Waals surface area contributed by atoms with Gasteiger partial charge in [-0.3, -0.25) is 24.0 Å². The molecule has 0 radical (unpaired) electrons. The van der Waals surface area contributed by atoms with Gasteiger partial charge in [0.05, 0.1) is 25.7 Å². The standard InChI is InChI=1S/C36H47N5O8/c1-21(2)16-28-36(47)40(4)22(3)33(44)39-27(17-23-8-6-5-7-9-23)34(45)38-26-13-15-49-30(32(26)43)19-41(20-31(42)37-28)35(46)25-10-11-29-24(18-25)12-14-48-29/h5-11,18,21-22,26-28,30,32,43H,12-17,19-20H2,1-4H3,(H,37,42)(H,38,45)(H,39,44)/t22-,26-,27-,28+,30+,32-/m0/s1. The van der Waals surface area contributed by atoms with Gasteiger partial charge in [-0.2, -0.15) is 0 Å². The van der Waals surface area contributed by atoms with Crippen molar-refractivity contribution >= 4 is 29.5 Å². The molecule has 2 aromatic rings. The van der Waals surface area contributed by atoms with E-state index in [1.54, 1.807) is 25.1 Å². The summed E-state index contributed by atoms with van der Waals surface area (Å²) < 4.78 is 11.5. The number of carbonyl (C=O) groups excluding carboxylic acids is 5. The Morgan fingerprint density at radius 1 is 0.980 bits per heavy atom. The average Bonchev–Trinajstić information content (AvgIpc) is 3.55. The highest BCUT2D eigenvalue weighted by molar-refractivity contribution is 5.98. The molecule has 49 heavy (non-hydrogen) atoms. The molecule has 2 fully saturated rings. The minimum atomic E-state index is -1.23. The van der Waals surface area contributed by atoms with Gasteiger partial charge in [-0.1, -0.05) is 44.2 Å². The molecule has 5 amide bonds. The summed E-state index contributed by atoms with van der Waals surface area (Å²) in [5, 5.41) is 20.0. The fraction of sp³-hybridized carbons (Fsp3) is 0.528. The van der Waals surface area contributed by atoms with Crippen LogP contribution < -0.4 is 20.7 Å². The molecule has 13 heteroatoms. The van der Waals surface area contributed by atoms with Gasteiger partial charge in [0.15, 0.2) is 0 Å². The topological polar surface area (TPSA) is 167 Å². The monoisotopic (exact) mass is 677 g/mol. The summed E-state index contributed by atoms with van der Waals surface area (Å²) in [6, 6.07) is 10.6. The first-order valence-corrected chi connectivity index (χ1v) is 17.0. The summed E-state index contributed by atoms with van der Waals surface area (Å²) in [5.41, 5.74) is 2.03. The van der Waals surface area contributed by atoms with Gasteiger partial charge >= 0.3 is 0 Å². The average molecular weight is 678 g/mol. The van der Waals surface area contributed by atoms with Crippen LogP contribution in [0.15, 0.2) is 48.5 Å². The first kappa shape index (κ1) is 35.8. The molecule has 0 saturated carbocycles. The smallest absolute Gasteiger partial charge is 0.254 e. The van der Waals surface area contributed by atoms with Crippen molar-refractivity contribution in [2.45, 2.75) is 82.8 Å². The molecule has 3 heterocycles.